The van der Waals surface area contributed by atoms with Crippen LogP contribution in [0.25, 0.3) is 0 Å². The molecule has 0 unspecified atom stereocenters. The van der Waals surface area contributed by atoms with Gasteiger partial charge in [0.25, 0.3) is 17.4 Å². The first-order valence-corrected chi connectivity index (χ1v) is 14.4. The van der Waals surface area contributed by atoms with E-state index in [2.05, 4.69) is 9.89 Å². The van der Waals surface area contributed by atoms with Crippen molar-refractivity contribution in [2.45, 2.75) is 50.8 Å². The van der Waals surface area contributed by atoms with Crippen LogP contribution < -0.4 is 4.74 Å². The molecule has 0 aromatic heterocycles. The van der Waals surface area contributed by atoms with Crippen LogP contribution in [-0.4, -0.2) is 91.0 Å². The monoisotopic (exact) mass is 598 g/mol. The highest BCUT2D eigenvalue weighted by Gasteiger charge is 2.62. The number of benzene rings is 1. The zero-order valence-corrected chi connectivity index (χ0v) is 24.6. The van der Waals surface area contributed by atoms with Gasteiger partial charge in [-0.1, -0.05) is 23.7 Å². The van der Waals surface area contributed by atoms with Crippen LogP contribution in [0, 0.1) is 17.8 Å². The van der Waals surface area contributed by atoms with Crippen molar-refractivity contribution in [2.75, 3.05) is 47.4 Å². The van der Waals surface area contributed by atoms with Gasteiger partial charge in [0.2, 0.25) is 0 Å². The number of carbonyl (C=O) groups is 2. The third kappa shape index (κ3) is 6.51. The SMILES string of the molecule is CCOc1cccc([C@@](O)(C(=O)N(C)C[C@@H]2C[C@@H]2C2CCN(C3=NC(Cl)=C(C(=O)N(C)C)CC3)CC2)C(F)(F)F)c1. The Morgan fingerprint density at radius 3 is 2.44 bits per heavy atom. The third-order valence-corrected chi connectivity index (χ3v) is 8.68. The van der Waals surface area contributed by atoms with E-state index in [1.165, 1.54) is 24.1 Å². The highest BCUT2D eigenvalue weighted by Crippen LogP contribution is 2.49. The molecule has 0 spiro atoms. The summed E-state index contributed by atoms with van der Waals surface area (Å²) in [5.41, 5.74) is -3.71. The van der Waals surface area contributed by atoms with E-state index in [1.807, 2.05) is 0 Å². The van der Waals surface area contributed by atoms with Crippen LogP contribution in [0.3, 0.4) is 0 Å². The topological polar surface area (TPSA) is 85.7 Å². The number of carbonyl (C=O) groups excluding carboxylic acids is 2. The molecule has 1 aromatic rings. The quantitative estimate of drug-likeness (QED) is 0.449. The van der Waals surface area contributed by atoms with Crippen LogP contribution in [0.1, 0.15) is 44.6 Å². The van der Waals surface area contributed by atoms with Gasteiger partial charge in [0.1, 0.15) is 16.7 Å². The molecule has 0 bridgehead atoms. The normalized spacial score (nSPS) is 23.0. The maximum absolute atomic E-state index is 14.2. The molecule has 1 saturated carbocycles. The molecule has 41 heavy (non-hydrogen) atoms. The van der Waals surface area contributed by atoms with Gasteiger partial charge in [0.15, 0.2) is 0 Å². The highest BCUT2D eigenvalue weighted by atomic mass is 35.5. The number of alkyl halides is 3. The molecule has 2 fully saturated rings. The average Bonchev–Trinajstić information content (AvgIpc) is 3.70. The summed E-state index contributed by atoms with van der Waals surface area (Å²) in [6, 6.07) is 4.97. The Bertz CT molecular complexity index is 1210. The van der Waals surface area contributed by atoms with Gasteiger partial charge >= 0.3 is 6.18 Å². The Hall–Kier alpha value is -2.79. The molecule has 1 saturated heterocycles. The van der Waals surface area contributed by atoms with E-state index in [-0.39, 0.29) is 35.9 Å². The minimum absolute atomic E-state index is 0.0803. The zero-order valence-electron chi connectivity index (χ0n) is 23.9. The Kier molecular flexibility index (Phi) is 9.28. The fraction of sp³-hybridized carbons (Fsp3) is 0.621. The van der Waals surface area contributed by atoms with Crippen LogP contribution in [0.5, 0.6) is 5.75 Å². The first-order valence-electron chi connectivity index (χ1n) is 14.0. The molecule has 2 heterocycles. The molecule has 226 valence electrons. The lowest BCUT2D eigenvalue weighted by atomic mass is 9.89. The van der Waals surface area contributed by atoms with E-state index in [4.69, 9.17) is 16.3 Å². The summed E-state index contributed by atoms with van der Waals surface area (Å²) in [5, 5.41) is 11.1. The Balaban J connectivity index is 1.34. The number of aliphatic imine (C=N–C) groups is 1. The smallest absolute Gasteiger partial charge is 0.430 e. The summed E-state index contributed by atoms with van der Waals surface area (Å²) in [5.74, 6) is 0.285. The van der Waals surface area contributed by atoms with E-state index in [0.29, 0.717) is 30.3 Å². The maximum atomic E-state index is 14.2. The number of hydrogen-bond donors (Lipinski definition) is 1. The molecule has 8 nitrogen and oxygen atoms in total. The molecule has 1 N–H and O–H groups in total. The number of nitrogens with zero attached hydrogens (tertiary/aromatic N) is 4. The summed E-state index contributed by atoms with van der Waals surface area (Å²) in [7, 11) is 4.68. The second-order valence-electron chi connectivity index (χ2n) is 11.3. The molecule has 2 amide bonds. The molecule has 1 aliphatic carbocycles. The lowest BCUT2D eigenvalue weighted by Gasteiger charge is -2.36. The number of aliphatic hydroxyl groups is 1. The van der Waals surface area contributed by atoms with Crippen LogP contribution in [0.15, 0.2) is 40.0 Å². The largest absolute Gasteiger partial charge is 0.494 e. The number of piperidine rings is 1. The van der Waals surface area contributed by atoms with Gasteiger partial charge < -0.3 is 24.5 Å². The number of ether oxygens (including phenoxy) is 1. The fourth-order valence-corrected chi connectivity index (χ4v) is 6.28. The molecular formula is C29H38ClF3N4O4. The number of rotatable bonds is 8. The molecule has 3 atom stereocenters. The summed E-state index contributed by atoms with van der Waals surface area (Å²) in [4.78, 5) is 34.6. The predicted molar refractivity (Wildman–Crippen MR) is 149 cm³/mol. The van der Waals surface area contributed by atoms with Gasteiger partial charge in [-0.05, 0) is 62.5 Å². The van der Waals surface area contributed by atoms with E-state index in [9.17, 15) is 27.9 Å². The van der Waals surface area contributed by atoms with E-state index < -0.39 is 23.2 Å². The van der Waals surface area contributed by atoms with Gasteiger partial charge in [-0.25, -0.2) is 4.99 Å². The van der Waals surface area contributed by atoms with Crippen molar-refractivity contribution in [3.05, 3.63) is 40.6 Å². The van der Waals surface area contributed by atoms with Gasteiger partial charge in [-0.3, -0.25) is 9.59 Å². The number of hydrogen-bond acceptors (Lipinski definition) is 6. The number of amides is 2. The van der Waals surface area contributed by atoms with Crippen LogP contribution >= 0.6 is 11.6 Å². The Morgan fingerprint density at radius 2 is 1.85 bits per heavy atom. The minimum Gasteiger partial charge on any atom is -0.494 e. The van der Waals surface area contributed by atoms with Crippen molar-refractivity contribution in [2.24, 2.45) is 22.7 Å². The van der Waals surface area contributed by atoms with Crippen LogP contribution in [0.2, 0.25) is 0 Å². The second-order valence-corrected chi connectivity index (χ2v) is 11.7. The minimum atomic E-state index is -5.21. The van der Waals surface area contributed by atoms with E-state index in [1.54, 1.807) is 21.0 Å². The first-order chi connectivity index (χ1) is 19.3. The molecule has 4 rings (SSSR count). The zero-order chi connectivity index (χ0) is 30.1. The Labute approximate surface area is 243 Å². The van der Waals surface area contributed by atoms with Crippen molar-refractivity contribution >= 4 is 29.3 Å². The van der Waals surface area contributed by atoms with Crippen LogP contribution in [-0.2, 0) is 15.2 Å². The average molecular weight is 599 g/mol. The highest BCUT2D eigenvalue weighted by molar-refractivity contribution is 6.32. The molecule has 1 aromatic carbocycles. The first kappa shape index (κ1) is 31.2. The lowest BCUT2D eigenvalue weighted by Crippen LogP contribution is -2.55. The number of amidine groups is 1. The maximum Gasteiger partial charge on any atom is 0.430 e. The molecule has 2 aliphatic heterocycles. The van der Waals surface area contributed by atoms with Crippen molar-refractivity contribution in [1.82, 2.24) is 14.7 Å². The molecule has 0 radical (unpaired) electrons. The summed E-state index contributed by atoms with van der Waals surface area (Å²) < 4.78 is 47.8. The fourth-order valence-electron chi connectivity index (χ4n) is 6.01. The predicted octanol–water partition coefficient (Wildman–Crippen LogP) is 4.37. The van der Waals surface area contributed by atoms with E-state index >= 15 is 0 Å². The Morgan fingerprint density at radius 1 is 1.17 bits per heavy atom. The summed E-state index contributed by atoms with van der Waals surface area (Å²) >= 11 is 6.33. The standard InChI is InChI=1S/C29H38ClF3N4O4/c1-5-41-21-8-6-7-20(16-21)28(40,29(31,32)33)27(39)36(4)17-19-15-23(19)18-11-13-37(14-12-18)24-10-9-22(25(30)34-24)26(38)35(2)3/h6-8,16,18-19,23,40H,5,9-15,17H2,1-4H3/t19-,23+,28+/m0/s1. The van der Waals surface area contributed by atoms with Gasteiger partial charge in [0, 0.05) is 52.8 Å². The van der Waals surface area contributed by atoms with Crippen molar-refractivity contribution in [1.29, 1.82) is 0 Å². The lowest BCUT2D eigenvalue weighted by molar-refractivity contribution is -0.261. The number of halogens is 4. The number of likely N-dealkylation sites (tertiary alicyclic amines) is 1. The molecule has 3 aliphatic rings. The van der Waals surface area contributed by atoms with Gasteiger partial charge in [-0.2, -0.15) is 13.2 Å². The van der Waals surface area contributed by atoms with Crippen molar-refractivity contribution < 1.29 is 32.6 Å². The van der Waals surface area contributed by atoms with Crippen molar-refractivity contribution in [3.8, 4) is 5.75 Å². The van der Waals surface area contributed by atoms with E-state index in [0.717, 1.165) is 55.2 Å². The van der Waals surface area contributed by atoms with Crippen molar-refractivity contribution in [3.63, 3.8) is 0 Å². The summed E-state index contributed by atoms with van der Waals surface area (Å²) in [6.07, 6.45) is -1.39. The second kappa shape index (κ2) is 12.2. The summed E-state index contributed by atoms with van der Waals surface area (Å²) in [6.45, 7) is 3.64. The van der Waals surface area contributed by atoms with Crippen LogP contribution in [0.4, 0.5) is 13.2 Å². The third-order valence-electron chi connectivity index (χ3n) is 8.36. The molecular weight excluding hydrogens is 561 g/mol. The number of likely N-dealkylation sites (N-methyl/N-ethyl adjacent to an activating group) is 2. The molecule has 12 heteroatoms. The van der Waals surface area contributed by atoms with Gasteiger partial charge in [0.05, 0.1) is 12.2 Å². The van der Waals surface area contributed by atoms with Gasteiger partial charge in [-0.15, -0.1) is 0 Å².